The maximum Gasteiger partial charge on any atom is 0.180 e. The van der Waals surface area contributed by atoms with E-state index < -0.39 is 0 Å². The second kappa shape index (κ2) is 7.16. The van der Waals surface area contributed by atoms with Gasteiger partial charge in [0.2, 0.25) is 0 Å². The van der Waals surface area contributed by atoms with Gasteiger partial charge in [0.25, 0.3) is 0 Å². The van der Waals surface area contributed by atoms with Crippen molar-refractivity contribution in [1.29, 1.82) is 0 Å². The Hall–Kier alpha value is -1.24. The summed E-state index contributed by atoms with van der Waals surface area (Å²) < 4.78 is 0.844. The molecule has 2 N–H and O–H groups in total. The zero-order valence-corrected chi connectivity index (χ0v) is 11.0. The van der Waals surface area contributed by atoms with Crippen LogP contribution in [0.3, 0.4) is 0 Å². The van der Waals surface area contributed by atoms with Gasteiger partial charge in [-0.25, -0.2) is 15.0 Å². The van der Waals surface area contributed by atoms with Gasteiger partial charge in [0.1, 0.15) is 18.4 Å². The molecule has 0 unspecified atom stereocenters. The van der Waals surface area contributed by atoms with Crippen LogP contribution >= 0.6 is 0 Å². The molecular formula is C10H18ClN5O. The number of imidazole rings is 1. The van der Waals surface area contributed by atoms with Crippen LogP contribution in [-0.2, 0) is 0 Å². The molecule has 0 atom stereocenters. The summed E-state index contributed by atoms with van der Waals surface area (Å²) in [7, 11) is 6.16. The third kappa shape index (κ3) is 6.15. The Balaban J connectivity index is 0.000000296. The number of nitrogens with zero attached hydrogens (tertiary/aromatic N) is 4. The number of rotatable bonds is 2. The summed E-state index contributed by atoms with van der Waals surface area (Å²) in [4.78, 5) is 14.5. The van der Waals surface area contributed by atoms with Crippen LogP contribution in [0.5, 0.6) is 0 Å². The summed E-state index contributed by atoms with van der Waals surface area (Å²) in [5, 5.41) is 8.39. The zero-order chi connectivity index (χ0) is 12.0. The van der Waals surface area contributed by atoms with Crippen LogP contribution in [0.15, 0.2) is 18.9 Å². The molecule has 0 fully saturated rings. The van der Waals surface area contributed by atoms with E-state index in [9.17, 15) is 0 Å². The lowest BCUT2D eigenvalue weighted by Gasteiger charge is -2.21. The number of aliphatic hydroxyl groups is 1. The van der Waals surface area contributed by atoms with Crippen molar-refractivity contribution < 1.29 is 22.0 Å². The van der Waals surface area contributed by atoms with Crippen molar-refractivity contribution >= 4 is 11.2 Å². The lowest BCUT2D eigenvalue weighted by atomic mass is 10.5. The van der Waals surface area contributed by atoms with Gasteiger partial charge in [0.15, 0.2) is 5.65 Å². The second-order valence-corrected chi connectivity index (χ2v) is 4.40. The monoisotopic (exact) mass is 259 g/mol. The number of fused-ring (bicyclic) bond motifs is 1. The van der Waals surface area contributed by atoms with Crippen LogP contribution in [0.1, 0.15) is 0 Å². The molecule has 0 aliphatic carbocycles. The predicted molar refractivity (Wildman–Crippen MR) is 61.7 cm³/mol. The number of aromatic nitrogens is 4. The van der Waals surface area contributed by atoms with Gasteiger partial charge in [-0.05, 0) is 0 Å². The number of hydrogen-bond donors (Lipinski definition) is 2. The minimum atomic E-state index is 0. The molecule has 0 saturated heterocycles. The van der Waals surface area contributed by atoms with E-state index in [4.69, 9.17) is 5.11 Å². The molecule has 6 nitrogen and oxygen atoms in total. The molecule has 2 aromatic rings. The van der Waals surface area contributed by atoms with Crippen molar-refractivity contribution in [3.8, 4) is 0 Å². The Bertz CT molecular complexity index is 396. The highest BCUT2D eigenvalue weighted by molar-refractivity contribution is 5.67. The standard InChI is InChI=1S/C5H4N4.C5H14NO.ClH/c1-4-5(8-2-6-1)9-3-7-4;1-6(2,3)4-5-7;/h1-3H,(H,6,7,8,9);7H,4-5H2,1-3H3;1H/q;+1;/p-1. The lowest BCUT2D eigenvalue weighted by Crippen LogP contribution is -3.00. The fraction of sp³-hybridized carbons (Fsp3) is 0.500. The number of H-pyrrole nitrogens is 1. The molecule has 2 aromatic heterocycles. The highest BCUT2D eigenvalue weighted by atomic mass is 35.5. The zero-order valence-electron chi connectivity index (χ0n) is 10.3. The van der Waals surface area contributed by atoms with Crippen molar-refractivity contribution in [2.75, 3.05) is 34.3 Å². The van der Waals surface area contributed by atoms with Crippen LogP contribution in [0.25, 0.3) is 11.2 Å². The molecule has 17 heavy (non-hydrogen) atoms. The molecule has 0 saturated carbocycles. The lowest BCUT2D eigenvalue weighted by molar-refractivity contribution is -0.870. The first-order chi connectivity index (χ1) is 7.53. The summed E-state index contributed by atoms with van der Waals surface area (Å²) in [6, 6.07) is 0. The van der Waals surface area contributed by atoms with Gasteiger partial charge in [-0.1, -0.05) is 0 Å². The van der Waals surface area contributed by atoms with Crippen LogP contribution in [0.2, 0.25) is 0 Å². The number of aliphatic hydroxyl groups excluding tert-OH is 1. The Labute approximate surface area is 107 Å². The third-order valence-corrected chi connectivity index (χ3v) is 1.87. The number of nitrogens with one attached hydrogen (secondary N) is 1. The van der Waals surface area contributed by atoms with Crippen molar-refractivity contribution in [1.82, 2.24) is 19.9 Å². The largest absolute Gasteiger partial charge is 1.00 e. The Kier molecular flexibility index (Phi) is 6.64. The van der Waals surface area contributed by atoms with E-state index in [1.807, 2.05) is 0 Å². The third-order valence-electron chi connectivity index (χ3n) is 1.87. The first-order valence-electron chi connectivity index (χ1n) is 5.03. The highest BCUT2D eigenvalue weighted by Crippen LogP contribution is 1.99. The number of halogens is 1. The fourth-order valence-electron chi connectivity index (χ4n) is 0.991. The van der Waals surface area contributed by atoms with Crippen molar-refractivity contribution in [2.24, 2.45) is 0 Å². The van der Waals surface area contributed by atoms with Gasteiger partial charge in [-0.2, -0.15) is 0 Å². The van der Waals surface area contributed by atoms with Crippen molar-refractivity contribution in [3.05, 3.63) is 18.9 Å². The molecule has 96 valence electrons. The van der Waals surface area contributed by atoms with E-state index in [1.165, 1.54) is 6.33 Å². The molecule has 0 aromatic carbocycles. The first kappa shape index (κ1) is 15.8. The topological polar surface area (TPSA) is 74.7 Å². The van der Waals surface area contributed by atoms with Crippen LogP contribution < -0.4 is 12.4 Å². The van der Waals surface area contributed by atoms with Crippen LogP contribution in [0.4, 0.5) is 0 Å². The second-order valence-electron chi connectivity index (χ2n) is 4.40. The van der Waals surface area contributed by atoms with E-state index >= 15 is 0 Å². The Morgan fingerprint density at radius 1 is 1.29 bits per heavy atom. The van der Waals surface area contributed by atoms with Crippen molar-refractivity contribution in [3.63, 3.8) is 0 Å². The average Bonchev–Trinajstić information content (AvgIpc) is 2.64. The van der Waals surface area contributed by atoms with Gasteiger partial charge < -0.3 is 27.0 Å². The molecule has 7 heteroatoms. The van der Waals surface area contributed by atoms with E-state index in [2.05, 4.69) is 41.1 Å². The maximum atomic E-state index is 8.39. The minimum Gasteiger partial charge on any atom is -1.00 e. The van der Waals surface area contributed by atoms with Gasteiger partial charge in [0.05, 0.1) is 40.3 Å². The van der Waals surface area contributed by atoms with Gasteiger partial charge in [-0.3, -0.25) is 0 Å². The minimum absolute atomic E-state index is 0. The van der Waals surface area contributed by atoms with E-state index in [0.717, 1.165) is 16.5 Å². The predicted octanol–water partition coefficient (Wildman–Crippen LogP) is -2.96. The van der Waals surface area contributed by atoms with E-state index in [-0.39, 0.29) is 19.0 Å². The van der Waals surface area contributed by atoms with Crippen LogP contribution in [0, 0.1) is 0 Å². The molecule has 2 heterocycles. The molecule has 0 aliphatic rings. The summed E-state index contributed by atoms with van der Waals surface area (Å²) in [5.41, 5.74) is 1.59. The summed E-state index contributed by atoms with van der Waals surface area (Å²) in [5.74, 6) is 0. The van der Waals surface area contributed by atoms with Crippen molar-refractivity contribution in [2.45, 2.75) is 0 Å². The number of quaternary nitrogens is 1. The molecular weight excluding hydrogens is 242 g/mol. The van der Waals surface area contributed by atoms with Gasteiger partial charge in [-0.15, -0.1) is 0 Å². The summed E-state index contributed by atoms with van der Waals surface area (Å²) in [6.45, 7) is 1.11. The number of hydrogen-bond acceptors (Lipinski definition) is 4. The maximum absolute atomic E-state index is 8.39. The molecule has 0 amide bonds. The van der Waals surface area contributed by atoms with Gasteiger partial charge >= 0.3 is 0 Å². The SMILES string of the molecule is C[N+](C)(C)CCO.[Cl-].c1ncc2[nH]cnc2n1. The summed E-state index contributed by atoms with van der Waals surface area (Å²) >= 11 is 0. The first-order valence-corrected chi connectivity index (χ1v) is 5.03. The molecule has 0 bridgehead atoms. The molecule has 0 radical (unpaired) electrons. The molecule has 0 spiro atoms. The average molecular weight is 260 g/mol. The quantitative estimate of drug-likeness (QED) is 0.566. The highest BCUT2D eigenvalue weighted by Gasteiger charge is 2.02. The normalized spacial score (nSPS) is 10.4. The number of aromatic amines is 1. The molecule has 2 rings (SSSR count). The number of likely N-dealkylation sites (N-methyl/N-ethyl adjacent to an activating group) is 1. The molecule has 0 aliphatic heterocycles. The Morgan fingerprint density at radius 2 is 2.00 bits per heavy atom. The smallest absolute Gasteiger partial charge is 0.180 e. The fourth-order valence-corrected chi connectivity index (χ4v) is 0.991. The summed E-state index contributed by atoms with van der Waals surface area (Å²) in [6.07, 6.45) is 4.76. The van der Waals surface area contributed by atoms with Gasteiger partial charge in [0, 0.05) is 0 Å². The van der Waals surface area contributed by atoms with E-state index in [1.54, 1.807) is 12.5 Å². The van der Waals surface area contributed by atoms with Crippen LogP contribution in [-0.4, -0.2) is 63.8 Å². The Morgan fingerprint density at radius 3 is 2.47 bits per heavy atom. The van der Waals surface area contributed by atoms with E-state index in [0.29, 0.717) is 5.65 Å².